The first kappa shape index (κ1) is 14.0. The lowest BCUT2D eigenvalue weighted by atomic mass is 10.2. The maximum atomic E-state index is 8.98. The SMILES string of the molecule is N#Cc1ccc(N2CCN(c3ccccc3)CC2)cc1Br. The molecule has 0 unspecified atom stereocenters. The van der Waals surface area contributed by atoms with Gasteiger partial charge in [-0.3, -0.25) is 0 Å². The third-order valence-electron chi connectivity index (χ3n) is 3.84. The van der Waals surface area contributed by atoms with Gasteiger partial charge in [-0.25, -0.2) is 0 Å². The fourth-order valence-electron chi connectivity index (χ4n) is 2.65. The predicted molar refractivity (Wildman–Crippen MR) is 89.7 cm³/mol. The smallest absolute Gasteiger partial charge is 0.100 e. The predicted octanol–water partition coefficient (Wildman–Crippen LogP) is 3.65. The molecule has 0 amide bonds. The Hall–Kier alpha value is -1.99. The van der Waals surface area contributed by atoms with Crippen molar-refractivity contribution < 1.29 is 0 Å². The molecular formula is C17H16BrN3. The summed E-state index contributed by atoms with van der Waals surface area (Å²) < 4.78 is 0.869. The molecule has 0 aromatic heterocycles. The van der Waals surface area contributed by atoms with Gasteiger partial charge in [-0.15, -0.1) is 0 Å². The Kier molecular flexibility index (Phi) is 4.12. The average molecular weight is 342 g/mol. The number of rotatable bonds is 2. The number of halogens is 1. The fraction of sp³-hybridized carbons (Fsp3) is 0.235. The van der Waals surface area contributed by atoms with Crippen molar-refractivity contribution in [3.05, 3.63) is 58.6 Å². The Bertz CT molecular complexity index is 655. The highest BCUT2D eigenvalue weighted by atomic mass is 79.9. The molecule has 4 heteroatoms. The minimum Gasteiger partial charge on any atom is -0.368 e. The van der Waals surface area contributed by atoms with Gasteiger partial charge in [0.1, 0.15) is 6.07 Å². The van der Waals surface area contributed by atoms with Crippen molar-refractivity contribution >= 4 is 27.3 Å². The summed E-state index contributed by atoms with van der Waals surface area (Å²) in [6.07, 6.45) is 0. The molecule has 0 spiro atoms. The van der Waals surface area contributed by atoms with Gasteiger partial charge >= 0.3 is 0 Å². The van der Waals surface area contributed by atoms with E-state index in [9.17, 15) is 0 Å². The van der Waals surface area contributed by atoms with E-state index in [1.165, 1.54) is 11.4 Å². The molecule has 2 aromatic carbocycles. The Balaban J connectivity index is 1.69. The number of anilines is 2. The van der Waals surface area contributed by atoms with Crippen LogP contribution in [-0.2, 0) is 0 Å². The number of para-hydroxylation sites is 1. The van der Waals surface area contributed by atoms with Crippen LogP contribution in [-0.4, -0.2) is 26.2 Å². The van der Waals surface area contributed by atoms with Crippen molar-refractivity contribution in [2.45, 2.75) is 0 Å². The largest absolute Gasteiger partial charge is 0.368 e. The summed E-state index contributed by atoms with van der Waals surface area (Å²) in [5.41, 5.74) is 3.15. The number of nitrogens with zero attached hydrogens (tertiary/aromatic N) is 3. The highest BCUT2D eigenvalue weighted by Gasteiger charge is 2.17. The highest BCUT2D eigenvalue weighted by molar-refractivity contribution is 9.10. The summed E-state index contributed by atoms with van der Waals surface area (Å²) in [7, 11) is 0. The molecule has 0 bridgehead atoms. The second-order valence-corrected chi connectivity index (χ2v) is 5.94. The molecule has 3 nitrogen and oxygen atoms in total. The van der Waals surface area contributed by atoms with E-state index < -0.39 is 0 Å². The first-order valence-corrected chi connectivity index (χ1v) is 7.82. The molecular weight excluding hydrogens is 326 g/mol. The second kappa shape index (κ2) is 6.19. The van der Waals surface area contributed by atoms with Crippen LogP contribution in [0, 0.1) is 11.3 Å². The van der Waals surface area contributed by atoms with Crippen LogP contribution < -0.4 is 9.80 Å². The average Bonchev–Trinajstić information content (AvgIpc) is 2.56. The summed E-state index contributed by atoms with van der Waals surface area (Å²) in [4.78, 5) is 4.78. The van der Waals surface area contributed by atoms with Gasteiger partial charge in [0.15, 0.2) is 0 Å². The standard InChI is InChI=1S/C17H16BrN3/c18-17-12-16(7-6-14(17)13-19)21-10-8-20(9-11-21)15-4-2-1-3-5-15/h1-7,12H,8-11H2. The van der Waals surface area contributed by atoms with Gasteiger partial charge in [0.05, 0.1) is 5.56 Å². The molecule has 2 aromatic rings. The third kappa shape index (κ3) is 3.03. The lowest BCUT2D eigenvalue weighted by Crippen LogP contribution is -2.46. The van der Waals surface area contributed by atoms with E-state index in [4.69, 9.17) is 5.26 Å². The lowest BCUT2D eigenvalue weighted by Gasteiger charge is -2.37. The van der Waals surface area contributed by atoms with Crippen molar-refractivity contribution in [1.29, 1.82) is 5.26 Å². The quantitative estimate of drug-likeness (QED) is 0.835. The number of hydrogen-bond acceptors (Lipinski definition) is 3. The van der Waals surface area contributed by atoms with Gasteiger partial charge < -0.3 is 9.80 Å². The Morgan fingerprint density at radius 3 is 2.05 bits per heavy atom. The molecule has 1 saturated heterocycles. The number of hydrogen-bond donors (Lipinski definition) is 0. The molecule has 0 aliphatic carbocycles. The fourth-order valence-corrected chi connectivity index (χ4v) is 3.11. The van der Waals surface area contributed by atoms with E-state index in [-0.39, 0.29) is 0 Å². The zero-order valence-corrected chi connectivity index (χ0v) is 13.3. The second-order valence-electron chi connectivity index (χ2n) is 5.09. The molecule has 1 heterocycles. The molecule has 0 saturated carbocycles. The van der Waals surface area contributed by atoms with Crippen LogP contribution in [0.4, 0.5) is 11.4 Å². The summed E-state index contributed by atoms with van der Waals surface area (Å²) in [5, 5.41) is 8.98. The number of benzene rings is 2. The van der Waals surface area contributed by atoms with Crippen molar-refractivity contribution in [2.75, 3.05) is 36.0 Å². The first-order chi connectivity index (χ1) is 10.3. The van der Waals surface area contributed by atoms with Crippen LogP contribution in [0.25, 0.3) is 0 Å². The Morgan fingerprint density at radius 2 is 1.48 bits per heavy atom. The molecule has 0 N–H and O–H groups in total. The number of piperazine rings is 1. The summed E-state index contributed by atoms with van der Waals surface area (Å²) >= 11 is 3.46. The van der Waals surface area contributed by atoms with Crippen molar-refractivity contribution in [2.24, 2.45) is 0 Å². The van der Waals surface area contributed by atoms with Gasteiger partial charge in [0.25, 0.3) is 0 Å². The van der Waals surface area contributed by atoms with Crippen LogP contribution in [0.3, 0.4) is 0 Å². The normalized spacial score (nSPS) is 14.9. The topological polar surface area (TPSA) is 30.3 Å². The van der Waals surface area contributed by atoms with E-state index in [1.54, 1.807) is 0 Å². The Morgan fingerprint density at radius 1 is 0.857 bits per heavy atom. The molecule has 1 aliphatic heterocycles. The zero-order chi connectivity index (χ0) is 14.7. The summed E-state index contributed by atoms with van der Waals surface area (Å²) in [5.74, 6) is 0. The van der Waals surface area contributed by atoms with Crippen LogP contribution in [0.5, 0.6) is 0 Å². The molecule has 1 aliphatic rings. The van der Waals surface area contributed by atoms with E-state index in [1.807, 2.05) is 24.3 Å². The monoisotopic (exact) mass is 341 g/mol. The zero-order valence-electron chi connectivity index (χ0n) is 11.7. The minimum absolute atomic E-state index is 0.682. The van der Waals surface area contributed by atoms with Crippen LogP contribution in [0.2, 0.25) is 0 Å². The van der Waals surface area contributed by atoms with Crippen molar-refractivity contribution in [1.82, 2.24) is 0 Å². The maximum absolute atomic E-state index is 8.98. The maximum Gasteiger partial charge on any atom is 0.100 e. The van der Waals surface area contributed by atoms with Gasteiger partial charge in [0, 0.05) is 42.0 Å². The molecule has 3 rings (SSSR count). The highest BCUT2D eigenvalue weighted by Crippen LogP contribution is 2.25. The van der Waals surface area contributed by atoms with E-state index in [2.05, 4.69) is 56.1 Å². The van der Waals surface area contributed by atoms with Crippen LogP contribution >= 0.6 is 15.9 Å². The van der Waals surface area contributed by atoms with Crippen molar-refractivity contribution in [3.63, 3.8) is 0 Å². The lowest BCUT2D eigenvalue weighted by molar-refractivity contribution is 0.653. The van der Waals surface area contributed by atoms with Gasteiger partial charge in [-0.1, -0.05) is 18.2 Å². The molecule has 0 atom stereocenters. The van der Waals surface area contributed by atoms with E-state index in [0.717, 1.165) is 30.7 Å². The van der Waals surface area contributed by atoms with Gasteiger partial charge in [-0.2, -0.15) is 5.26 Å². The molecule has 0 radical (unpaired) electrons. The Labute approximate surface area is 133 Å². The van der Waals surface area contributed by atoms with E-state index >= 15 is 0 Å². The van der Waals surface area contributed by atoms with E-state index in [0.29, 0.717) is 5.56 Å². The minimum atomic E-state index is 0.682. The first-order valence-electron chi connectivity index (χ1n) is 7.02. The summed E-state index contributed by atoms with van der Waals surface area (Å²) in [6, 6.07) is 18.7. The van der Waals surface area contributed by atoms with Crippen LogP contribution in [0.15, 0.2) is 53.0 Å². The molecule has 106 valence electrons. The molecule has 21 heavy (non-hydrogen) atoms. The van der Waals surface area contributed by atoms with Gasteiger partial charge in [0.2, 0.25) is 0 Å². The van der Waals surface area contributed by atoms with Crippen molar-refractivity contribution in [3.8, 4) is 6.07 Å². The van der Waals surface area contributed by atoms with Crippen LogP contribution in [0.1, 0.15) is 5.56 Å². The van der Waals surface area contributed by atoms with Gasteiger partial charge in [-0.05, 0) is 46.3 Å². The summed E-state index contributed by atoms with van der Waals surface area (Å²) in [6.45, 7) is 4.02. The molecule has 1 fully saturated rings. The third-order valence-corrected chi connectivity index (χ3v) is 4.50. The number of nitriles is 1.